The maximum Gasteiger partial charge on any atom is 0.264 e. The number of nitrogens with zero attached hydrogens (tertiary/aromatic N) is 1. The number of halogens is 1. The monoisotopic (exact) mass is 456 g/mol. The minimum atomic E-state index is -3.97. The molecule has 0 aliphatic carbocycles. The summed E-state index contributed by atoms with van der Waals surface area (Å²) in [6, 6.07) is 22.9. The first kappa shape index (κ1) is 22.8. The zero-order chi connectivity index (χ0) is 22.4. The molecule has 0 aromatic heterocycles. The molecular formula is C24H25ClN2O3S. The molecule has 7 heteroatoms. The summed E-state index contributed by atoms with van der Waals surface area (Å²) in [4.78, 5) is 12.8. The smallest absolute Gasteiger partial charge is 0.264 e. The lowest BCUT2D eigenvalue weighted by Crippen LogP contribution is -2.42. The minimum Gasteiger partial charge on any atom is -0.354 e. The van der Waals surface area contributed by atoms with Crippen LogP contribution in [0, 0.1) is 6.92 Å². The Bertz CT molecular complexity index is 1130. The second-order valence-electron chi connectivity index (χ2n) is 7.37. The summed E-state index contributed by atoms with van der Waals surface area (Å²) in [6.45, 7) is 3.91. The predicted octanol–water partition coefficient (Wildman–Crippen LogP) is 4.76. The van der Waals surface area contributed by atoms with E-state index in [1.54, 1.807) is 12.1 Å². The van der Waals surface area contributed by atoms with Gasteiger partial charge in [0.2, 0.25) is 5.91 Å². The van der Waals surface area contributed by atoms with E-state index in [1.807, 2.05) is 56.3 Å². The molecule has 162 valence electrons. The first-order chi connectivity index (χ1) is 14.8. The summed E-state index contributed by atoms with van der Waals surface area (Å²) in [5, 5.41) is 3.31. The fourth-order valence-corrected chi connectivity index (χ4v) is 4.84. The highest BCUT2D eigenvalue weighted by Crippen LogP contribution is 2.27. The Hall–Kier alpha value is -2.83. The van der Waals surface area contributed by atoms with Gasteiger partial charge < -0.3 is 5.32 Å². The number of carbonyl (C=O) groups is 1. The Morgan fingerprint density at radius 1 is 0.968 bits per heavy atom. The molecule has 0 radical (unpaired) electrons. The molecule has 3 aromatic rings. The van der Waals surface area contributed by atoms with Gasteiger partial charge in [0.05, 0.1) is 10.6 Å². The van der Waals surface area contributed by atoms with Crippen molar-refractivity contribution in [2.24, 2.45) is 0 Å². The fourth-order valence-electron chi connectivity index (χ4n) is 3.23. The summed E-state index contributed by atoms with van der Waals surface area (Å²) in [6.07, 6.45) is 0. The molecule has 1 atom stereocenters. The molecule has 1 amide bonds. The molecule has 0 saturated carbocycles. The normalized spacial score (nSPS) is 12.2. The number of para-hydroxylation sites is 1. The second kappa shape index (κ2) is 9.98. The molecule has 0 saturated heterocycles. The molecule has 1 N–H and O–H groups in total. The fraction of sp³-hybridized carbons (Fsp3) is 0.208. The third-order valence-corrected chi connectivity index (χ3v) is 7.07. The van der Waals surface area contributed by atoms with Crippen molar-refractivity contribution in [3.05, 3.63) is 95.0 Å². The topological polar surface area (TPSA) is 66.5 Å². The van der Waals surface area contributed by atoms with E-state index in [-0.39, 0.29) is 23.3 Å². The van der Waals surface area contributed by atoms with Crippen LogP contribution >= 0.6 is 11.6 Å². The van der Waals surface area contributed by atoms with Crippen molar-refractivity contribution < 1.29 is 13.2 Å². The summed E-state index contributed by atoms with van der Waals surface area (Å²) >= 11 is 5.92. The third-order valence-electron chi connectivity index (χ3n) is 5.05. The Morgan fingerprint density at radius 3 is 2.23 bits per heavy atom. The molecule has 0 fully saturated rings. The van der Waals surface area contributed by atoms with Gasteiger partial charge in [-0.05, 0) is 54.3 Å². The average molecular weight is 457 g/mol. The maximum absolute atomic E-state index is 13.4. The second-order valence-corrected chi connectivity index (χ2v) is 9.67. The molecule has 5 nitrogen and oxygen atoms in total. The van der Waals surface area contributed by atoms with Crippen molar-refractivity contribution in [2.75, 3.05) is 17.4 Å². The number of aryl methyl sites for hydroxylation is 1. The Labute approximate surface area is 188 Å². The lowest BCUT2D eigenvalue weighted by molar-refractivity contribution is -0.119. The van der Waals surface area contributed by atoms with Crippen molar-refractivity contribution in [1.29, 1.82) is 0 Å². The van der Waals surface area contributed by atoms with E-state index in [9.17, 15) is 13.2 Å². The molecule has 3 rings (SSSR count). The number of sulfonamides is 1. The third kappa shape index (κ3) is 5.66. The summed E-state index contributed by atoms with van der Waals surface area (Å²) < 4.78 is 27.9. The van der Waals surface area contributed by atoms with Crippen LogP contribution in [0.4, 0.5) is 5.69 Å². The lowest BCUT2D eigenvalue weighted by Gasteiger charge is -2.26. The van der Waals surface area contributed by atoms with Crippen LogP contribution in [-0.2, 0) is 14.8 Å². The Morgan fingerprint density at radius 2 is 1.58 bits per heavy atom. The van der Waals surface area contributed by atoms with E-state index >= 15 is 0 Å². The van der Waals surface area contributed by atoms with Gasteiger partial charge in [-0.3, -0.25) is 9.10 Å². The van der Waals surface area contributed by atoms with Gasteiger partial charge in [-0.15, -0.1) is 0 Å². The Balaban J connectivity index is 1.83. The van der Waals surface area contributed by atoms with Crippen molar-refractivity contribution in [3.8, 4) is 0 Å². The van der Waals surface area contributed by atoms with E-state index in [4.69, 9.17) is 11.6 Å². The number of hydrogen-bond acceptors (Lipinski definition) is 3. The van der Waals surface area contributed by atoms with Crippen LogP contribution in [0.2, 0.25) is 5.02 Å². The van der Waals surface area contributed by atoms with Crippen LogP contribution in [-0.4, -0.2) is 27.4 Å². The van der Waals surface area contributed by atoms with Gasteiger partial charge in [0.1, 0.15) is 6.54 Å². The number of rotatable bonds is 8. The Kier molecular flexibility index (Phi) is 7.36. The van der Waals surface area contributed by atoms with Gasteiger partial charge in [0.15, 0.2) is 0 Å². The SMILES string of the molecule is Cc1ccccc1N(CC(=O)NC[C@@H](C)c1ccccc1)S(=O)(=O)c1ccc(Cl)cc1. The number of nitrogens with one attached hydrogen (secondary N) is 1. The van der Waals surface area contributed by atoms with Gasteiger partial charge in [-0.2, -0.15) is 0 Å². The number of hydrogen-bond donors (Lipinski definition) is 1. The van der Waals surface area contributed by atoms with Crippen molar-refractivity contribution in [3.63, 3.8) is 0 Å². The number of amides is 1. The number of anilines is 1. The molecular weight excluding hydrogens is 432 g/mol. The molecule has 0 heterocycles. The van der Waals surface area contributed by atoms with Gasteiger partial charge >= 0.3 is 0 Å². The van der Waals surface area contributed by atoms with Gasteiger partial charge in [0.25, 0.3) is 10.0 Å². The van der Waals surface area contributed by atoms with Crippen molar-refractivity contribution >= 4 is 33.2 Å². The van der Waals surface area contributed by atoms with Crippen LogP contribution in [0.15, 0.2) is 83.8 Å². The predicted molar refractivity (Wildman–Crippen MR) is 125 cm³/mol. The standard InChI is InChI=1S/C24H25ClN2O3S/c1-18-8-6-7-11-23(18)27(31(29,30)22-14-12-21(25)13-15-22)17-24(28)26-16-19(2)20-9-4-3-5-10-20/h3-15,19H,16-17H2,1-2H3,(H,26,28)/t19-/m1/s1. The first-order valence-corrected chi connectivity index (χ1v) is 11.8. The van der Waals surface area contributed by atoms with Crippen molar-refractivity contribution in [2.45, 2.75) is 24.7 Å². The van der Waals surface area contributed by atoms with Crippen LogP contribution in [0.25, 0.3) is 0 Å². The van der Waals surface area contributed by atoms with E-state index < -0.39 is 10.0 Å². The van der Waals surface area contributed by atoms with Crippen LogP contribution in [0.1, 0.15) is 24.0 Å². The minimum absolute atomic E-state index is 0.0746. The van der Waals surface area contributed by atoms with E-state index in [1.165, 1.54) is 24.3 Å². The molecule has 0 bridgehead atoms. The van der Waals surface area contributed by atoms with Gasteiger partial charge in [-0.1, -0.05) is 67.1 Å². The number of benzene rings is 3. The van der Waals surface area contributed by atoms with E-state index in [2.05, 4.69) is 5.32 Å². The molecule has 3 aromatic carbocycles. The van der Waals surface area contributed by atoms with Gasteiger partial charge in [-0.25, -0.2) is 8.42 Å². The highest BCUT2D eigenvalue weighted by Gasteiger charge is 2.28. The molecule has 0 aliphatic rings. The van der Waals surface area contributed by atoms with Crippen molar-refractivity contribution in [1.82, 2.24) is 5.32 Å². The summed E-state index contributed by atoms with van der Waals surface area (Å²) in [5.41, 5.74) is 2.32. The largest absolute Gasteiger partial charge is 0.354 e. The first-order valence-electron chi connectivity index (χ1n) is 9.94. The van der Waals surface area contributed by atoms with Crippen LogP contribution in [0.3, 0.4) is 0 Å². The molecule has 0 spiro atoms. The van der Waals surface area contributed by atoms with Crippen LogP contribution < -0.4 is 9.62 Å². The summed E-state index contributed by atoms with van der Waals surface area (Å²) in [5.74, 6) is -0.270. The highest BCUT2D eigenvalue weighted by molar-refractivity contribution is 7.92. The van der Waals surface area contributed by atoms with Crippen LogP contribution in [0.5, 0.6) is 0 Å². The number of carbonyl (C=O) groups excluding carboxylic acids is 1. The quantitative estimate of drug-likeness (QED) is 0.531. The maximum atomic E-state index is 13.4. The van der Waals surface area contributed by atoms with E-state index in [0.717, 1.165) is 15.4 Å². The highest BCUT2D eigenvalue weighted by atomic mass is 35.5. The zero-order valence-electron chi connectivity index (χ0n) is 17.5. The molecule has 31 heavy (non-hydrogen) atoms. The average Bonchev–Trinajstić information content (AvgIpc) is 2.77. The van der Waals surface area contributed by atoms with Gasteiger partial charge in [0, 0.05) is 11.6 Å². The molecule has 0 unspecified atom stereocenters. The molecule has 0 aliphatic heterocycles. The van der Waals surface area contributed by atoms with E-state index in [0.29, 0.717) is 17.3 Å². The summed E-state index contributed by atoms with van der Waals surface area (Å²) in [7, 11) is -3.97. The zero-order valence-corrected chi connectivity index (χ0v) is 19.0. The lowest BCUT2D eigenvalue weighted by atomic mass is 10.0.